The molecule has 3 aromatic rings. The minimum absolute atomic E-state index is 0.0132. The van der Waals surface area contributed by atoms with Crippen molar-refractivity contribution in [3.05, 3.63) is 83.4 Å². The SMILES string of the molecule is CCOc1cc(C(Nc2ccc(C(=N)N)cc2)C(=O)N(C)N(C)C(=O)c2ccccn2)c(F)cc1OC(C)C. The molecule has 39 heavy (non-hydrogen) atoms. The van der Waals surface area contributed by atoms with E-state index in [1.807, 2.05) is 13.8 Å². The third-order valence-corrected chi connectivity index (χ3v) is 5.74. The molecule has 2 amide bonds. The normalized spacial score (nSPS) is 11.5. The van der Waals surface area contributed by atoms with Gasteiger partial charge in [0.15, 0.2) is 11.5 Å². The monoisotopic (exact) mass is 536 g/mol. The number of nitrogens with two attached hydrogens (primary N) is 1. The maximum atomic E-state index is 15.6. The van der Waals surface area contributed by atoms with Crippen LogP contribution in [0.25, 0.3) is 0 Å². The van der Waals surface area contributed by atoms with E-state index in [0.29, 0.717) is 17.9 Å². The van der Waals surface area contributed by atoms with Gasteiger partial charge in [-0.05, 0) is 63.2 Å². The van der Waals surface area contributed by atoms with Crippen LogP contribution in [0.4, 0.5) is 10.1 Å². The standard InChI is InChI=1S/C28H33FN6O4/c1-6-38-23-15-20(21(29)16-24(23)39-17(2)3)25(33-19-12-10-18(11-13-19)26(30)31)28(37)35(5)34(4)27(36)22-9-7-8-14-32-22/h7-17,25,33H,6H2,1-5H3,(H3,30,31). The molecule has 206 valence electrons. The quantitative estimate of drug-likeness (QED) is 0.203. The Morgan fingerprint density at radius 2 is 1.77 bits per heavy atom. The number of hydrogen-bond acceptors (Lipinski definition) is 7. The Balaban J connectivity index is 2.04. The minimum atomic E-state index is -1.27. The second kappa shape index (κ2) is 12.7. The molecule has 3 rings (SSSR count). The minimum Gasteiger partial charge on any atom is -0.490 e. The van der Waals surface area contributed by atoms with Crippen LogP contribution in [0, 0.1) is 11.2 Å². The van der Waals surface area contributed by atoms with E-state index < -0.39 is 23.7 Å². The highest BCUT2D eigenvalue weighted by Crippen LogP contribution is 2.35. The maximum absolute atomic E-state index is 15.6. The van der Waals surface area contributed by atoms with Gasteiger partial charge in [-0.15, -0.1) is 0 Å². The molecule has 1 atom stereocenters. The van der Waals surface area contributed by atoms with Crippen molar-refractivity contribution in [2.24, 2.45) is 5.73 Å². The maximum Gasteiger partial charge on any atom is 0.290 e. The van der Waals surface area contributed by atoms with Gasteiger partial charge < -0.3 is 20.5 Å². The van der Waals surface area contributed by atoms with E-state index in [4.69, 9.17) is 20.6 Å². The van der Waals surface area contributed by atoms with E-state index in [9.17, 15) is 9.59 Å². The fourth-order valence-corrected chi connectivity index (χ4v) is 3.70. The van der Waals surface area contributed by atoms with Crippen molar-refractivity contribution in [2.45, 2.75) is 32.9 Å². The predicted octanol–water partition coefficient (Wildman–Crippen LogP) is 3.99. The van der Waals surface area contributed by atoms with Gasteiger partial charge in [-0.2, -0.15) is 0 Å². The molecule has 0 saturated carbocycles. The molecule has 11 heteroatoms. The smallest absolute Gasteiger partial charge is 0.290 e. The van der Waals surface area contributed by atoms with Gasteiger partial charge in [0.1, 0.15) is 23.4 Å². The van der Waals surface area contributed by atoms with Crippen LogP contribution in [0.2, 0.25) is 0 Å². The van der Waals surface area contributed by atoms with Crippen LogP contribution in [0.1, 0.15) is 48.4 Å². The summed E-state index contributed by atoms with van der Waals surface area (Å²) in [6.07, 6.45) is 1.24. The number of anilines is 1. The first kappa shape index (κ1) is 28.9. The lowest BCUT2D eigenvalue weighted by atomic mass is 10.0. The third kappa shape index (κ3) is 7.01. The summed E-state index contributed by atoms with van der Waals surface area (Å²) in [6, 6.07) is 12.7. The number of nitrogens with one attached hydrogen (secondary N) is 2. The van der Waals surface area contributed by atoms with Crippen molar-refractivity contribution in [2.75, 3.05) is 26.0 Å². The van der Waals surface area contributed by atoms with Gasteiger partial charge in [-0.25, -0.2) is 9.40 Å². The number of amides is 2. The van der Waals surface area contributed by atoms with Crippen LogP contribution in [0.15, 0.2) is 60.8 Å². The van der Waals surface area contributed by atoms with E-state index >= 15 is 4.39 Å². The Hall–Kier alpha value is -4.67. The summed E-state index contributed by atoms with van der Waals surface area (Å²) in [5.41, 5.74) is 6.63. The number of nitrogen functional groups attached to an aromatic ring is 1. The third-order valence-electron chi connectivity index (χ3n) is 5.74. The second-order valence-corrected chi connectivity index (χ2v) is 8.89. The number of likely N-dealkylation sites (N-methyl/N-ethyl adjacent to an activating group) is 1. The number of benzene rings is 2. The molecule has 0 aliphatic carbocycles. The van der Waals surface area contributed by atoms with Crippen LogP contribution in [-0.4, -0.2) is 59.5 Å². The second-order valence-electron chi connectivity index (χ2n) is 8.89. The van der Waals surface area contributed by atoms with E-state index in [0.717, 1.165) is 10.0 Å². The molecule has 1 heterocycles. The number of amidine groups is 1. The first-order valence-electron chi connectivity index (χ1n) is 12.3. The van der Waals surface area contributed by atoms with Gasteiger partial charge in [-0.1, -0.05) is 6.07 Å². The lowest BCUT2D eigenvalue weighted by Gasteiger charge is -2.32. The first-order valence-corrected chi connectivity index (χ1v) is 12.3. The Morgan fingerprint density at radius 3 is 2.33 bits per heavy atom. The lowest BCUT2D eigenvalue weighted by Crippen LogP contribution is -2.48. The molecular weight excluding hydrogens is 503 g/mol. The summed E-state index contributed by atoms with van der Waals surface area (Å²) in [4.78, 5) is 30.9. The summed E-state index contributed by atoms with van der Waals surface area (Å²) in [5.74, 6) is -1.48. The Labute approximate surface area is 227 Å². The molecule has 0 spiro atoms. The highest BCUT2D eigenvalue weighted by Gasteiger charge is 2.32. The molecule has 0 bridgehead atoms. The van der Waals surface area contributed by atoms with E-state index in [2.05, 4.69) is 10.3 Å². The van der Waals surface area contributed by atoms with E-state index in [-0.39, 0.29) is 34.7 Å². The van der Waals surface area contributed by atoms with Gasteiger partial charge >= 0.3 is 0 Å². The molecule has 0 radical (unpaired) electrons. The number of pyridine rings is 1. The number of rotatable bonds is 10. The average molecular weight is 537 g/mol. The summed E-state index contributed by atoms with van der Waals surface area (Å²) >= 11 is 0. The molecule has 1 aromatic heterocycles. The van der Waals surface area contributed by atoms with Crippen molar-refractivity contribution in [1.82, 2.24) is 15.0 Å². The average Bonchev–Trinajstić information content (AvgIpc) is 2.92. The summed E-state index contributed by atoms with van der Waals surface area (Å²) in [7, 11) is 2.84. The van der Waals surface area contributed by atoms with Gasteiger partial charge in [0.25, 0.3) is 11.8 Å². The summed E-state index contributed by atoms with van der Waals surface area (Å²) in [6.45, 7) is 5.69. The van der Waals surface area contributed by atoms with Gasteiger partial charge in [0.2, 0.25) is 0 Å². The number of hydrazine groups is 1. The van der Waals surface area contributed by atoms with Crippen molar-refractivity contribution in [1.29, 1.82) is 5.41 Å². The van der Waals surface area contributed by atoms with Crippen molar-refractivity contribution < 1.29 is 23.5 Å². The molecule has 1 unspecified atom stereocenters. The van der Waals surface area contributed by atoms with Crippen molar-refractivity contribution in [3.8, 4) is 11.5 Å². The Bertz CT molecular complexity index is 1320. The van der Waals surface area contributed by atoms with E-state index in [1.54, 1.807) is 43.3 Å². The van der Waals surface area contributed by atoms with Gasteiger partial charge in [0.05, 0.1) is 12.7 Å². The molecule has 4 N–H and O–H groups in total. The summed E-state index contributed by atoms with van der Waals surface area (Å²) in [5, 5.41) is 12.9. The highest BCUT2D eigenvalue weighted by atomic mass is 19.1. The molecular formula is C28H33FN6O4. The zero-order valence-corrected chi connectivity index (χ0v) is 22.6. The largest absolute Gasteiger partial charge is 0.490 e. The van der Waals surface area contributed by atoms with E-state index in [1.165, 1.54) is 38.5 Å². The van der Waals surface area contributed by atoms with Gasteiger partial charge in [-0.3, -0.25) is 25.0 Å². The number of carbonyl (C=O) groups excluding carboxylic acids is 2. The molecule has 0 fully saturated rings. The van der Waals surface area contributed by atoms with Crippen LogP contribution in [0.3, 0.4) is 0 Å². The van der Waals surface area contributed by atoms with Crippen LogP contribution >= 0.6 is 0 Å². The topological polar surface area (TPSA) is 134 Å². The van der Waals surface area contributed by atoms with Gasteiger partial charge in [0, 0.05) is 43.2 Å². The van der Waals surface area contributed by atoms with Crippen molar-refractivity contribution >= 4 is 23.3 Å². The number of ether oxygens (including phenoxy) is 2. The fraction of sp³-hybridized carbons (Fsp3) is 0.286. The highest BCUT2D eigenvalue weighted by molar-refractivity contribution is 5.96. The Kier molecular flexibility index (Phi) is 9.43. The van der Waals surface area contributed by atoms with Crippen LogP contribution < -0.4 is 20.5 Å². The zero-order valence-electron chi connectivity index (χ0n) is 22.6. The predicted molar refractivity (Wildman–Crippen MR) is 146 cm³/mol. The summed E-state index contributed by atoms with van der Waals surface area (Å²) < 4.78 is 27.0. The fourth-order valence-electron chi connectivity index (χ4n) is 3.70. The molecule has 0 saturated heterocycles. The number of aromatic nitrogens is 1. The molecule has 2 aromatic carbocycles. The number of hydrogen-bond donors (Lipinski definition) is 3. The molecule has 0 aliphatic rings. The van der Waals surface area contributed by atoms with Crippen LogP contribution in [0.5, 0.6) is 11.5 Å². The Morgan fingerprint density at radius 1 is 1.08 bits per heavy atom. The first-order chi connectivity index (χ1) is 18.5. The zero-order chi connectivity index (χ0) is 28.7. The van der Waals surface area contributed by atoms with Crippen LogP contribution in [-0.2, 0) is 4.79 Å². The lowest BCUT2D eigenvalue weighted by molar-refractivity contribution is -0.141. The molecule has 0 aliphatic heterocycles. The van der Waals surface area contributed by atoms with Crippen molar-refractivity contribution in [3.63, 3.8) is 0 Å². The number of nitrogens with zero attached hydrogens (tertiary/aromatic N) is 3. The number of carbonyl (C=O) groups is 2. The molecule has 10 nitrogen and oxygen atoms in total. The number of halogens is 1.